The molecule has 1 N–H and O–H groups in total. The number of aryl methyl sites for hydroxylation is 2. The smallest absolute Gasteiger partial charge is 0.227 e. The molecule has 6 nitrogen and oxygen atoms in total. The van der Waals surface area contributed by atoms with E-state index >= 15 is 0 Å². The van der Waals surface area contributed by atoms with Gasteiger partial charge >= 0.3 is 0 Å². The van der Waals surface area contributed by atoms with Gasteiger partial charge in [-0.3, -0.25) is 4.68 Å². The molecule has 0 radical (unpaired) electrons. The minimum absolute atomic E-state index is 0.661. The van der Waals surface area contributed by atoms with Crippen LogP contribution in [0.2, 0.25) is 0 Å². The molecule has 6 heteroatoms. The molecule has 2 aromatic heterocycles. The van der Waals surface area contributed by atoms with Gasteiger partial charge < -0.3 is 9.84 Å². The van der Waals surface area contributed by atoms with Gasteiger partial charge in [0.25, 0.3) is 0 Å². The highest BCUT2D eigenvalue weighted by Gasteiger charge is 2.12. The quantitative estimate of drug-likeness (QED) is 0.464. The van der Waals surface area contributed by atoms with E-state index in [-0.39, 0.29) is 0 Å². The molecule has 148 valence electrons. The molecule has 0 bridgehead atoms. The van der Waals surface area contributed by atoms with Crippen molar-refractivity contribution in [2.24, 2.45) is 0 Å². The summed E-state index contributed by atoms with van der Waals surface area (Å²) < 4.78 is 7.19. The number of aromatic nitrogens is 4. The van der Waals surface area contributed by atoms with Crippen molar-refractivity contribution >= 4 is 0 Å². The van der Waals surface area contributed by atoms with Crippen molar-refractivity contribution in [1.82, 2.24) is 25.2 Å². The van der Waals surface area contributed by atoms with Gasteiger partial charge in [-0.05, 0) is 25.5 Å². The van der Waals surface area contributed by atoms with Crippen LogP contribution in [0.25, 0.3) is 11.3 Å². The predicted molar refractivity (Wildman–Crippen MR) is 112 cm³/mol. The number of nitrogens with zero attached hydrogens (tertiary/aromatic N) is 4. The largest absolute Gasteiger partial charge is 0.339 e. The minimum Gasteiger partial charge on any atom is -0.339 e. The zero-order valence-electron chi connectivity index (χ0n) is 16.8. The van der Waals surface area contributed by atoms with E-state index in [1.807, 2.05) is 17.7 Å². The number of hydrogen-bond acceptors (Lipinski definition) is 5. The van der Waals surface area contributed by atoms with Crippen LogP contribution in [0.1, 0.15) is 28.4 Å². The summed E-state index contributed by atoms with van der Waals surface area (Å²) in [6.07, 6.45) is 2.84. The highest BCUT2D eigenvalue weighted by Crippen LogP contribution is 2.23. The van der Waals surface area contributed by atoms with E-state index in [4.69, 9.17) is 9.62 Å². The molecule has 0 amide bonds. The Bertz CT molecular complexity index is 1070. The van der Waals surface area contributed by atoms with Gasteiger partial charge in [0.15, 0.2) is 5.82 Å². The van der Waals surface area contributed by atoms with E-state index in [1.54, 1.807) is 0 Å². The Morgan fingerprint density at radius 2 is 1.90 bits per heavy atom. The first-order valence-corrected chi connectivity index (χ1v) is 9.84. The fourth-order valence-corrected chi connectivity index (χ4v) is 3.34. The fourth-order valence-electron chi connectivity index (χ4n) is 3.34. The molecule has 2 aromatic carbocycles. The van der Waals surface area contributed by atoms with Crippen molar-refractivity contribution in [1.29, 1.82) is 0 Å². The number of benzene rings is 2. The number of rotatable bonds is 8. The maximum atomic E-state index is 5.18. The van der Waals surface area contributed by atoms with E-state index < -0.39 is 0 Å². The Labute approximate surface area is 170 Å². The lowest BCUT2D eigenvalue weighted by atomic mass is 10.1. The van der Waals surface area contributed by atoms with Crippen molar-refractivity contribution in [3.63, 3.8) is 0 Å². The lowest BCUT2D eigenvalue weighted by Gasteiger charge is -2.05. The second-order valence-electron chi connectivity index (χ2n) is 7.22. The summed E-state index contributed by atoms with van der Waals surface area (Å²) in [7, 11) is 0. The Hall–Kier alpha value is -3.25. The van der Waals surface area contributed by atoms with Gasteiger partial charge in [-0.1, -0.05) is 59.3 Å². The summed E-state index contributed by atoms with van der Waals surface area (Å²) >= 11 is 0. The van der Waals surface area contributed by atoms with Gasteiger partial charge in [-0.25, -0.2) is 0 Å². The molecule has 0 unspecified atom stereocenters. The van der Waals surface area contributed by atoms with Crippen LogP contribution in [-0.4, -0.2) is 26.5 Å². The van der Waals surface area contributed by atoms with Gasteiger partial charge in [-0.2, -0.15) is 10.1 Å². The standard InChI is InChI=1S/C23H25N5O/c1-17-7-6-10-20(13-17)23-21(14-24-12-11-22-25-18(2)27-29-22)16-28(26-23)15-19-8-4-3-5-9-19/h3-10,13,16,24H,11-12,14-15H2,1-2H3. The van der Waals surface area contributed by atoms with Gasteiger partial charge in [0, 0.05) is 36.8 Å². The summed E-state index contributed by atoms with van der Waals surface area (Å²) in [5, 5.41) is 12.2. The highest BCUT2D eigenvalue weighted by molar-refractivity contribution is 5.63. The Balaban J connectivity index is 1.50. The third-order valence-corrected chi connectivity index (χ3v) is 4.72. The third kappa shape index (κ3) is 4.97. The summed E-state index contributed by atoms with van der Waals surface area (Å²) in [6.45, 7) is 6.18. The molecule has 0 fully saturated rings. The average Bonchev–Trinajstić information content (AvgIpc) is 3.32. The molecule has 0 spiro atoms. The number of nitrogens with one attached hydrogen (secondary N) is 1. The van der Waals surface area contributed by atoms with Crippen LogP contribution < -0.4 is 5.32 Å². The van der Waals surface area contributed by atoms with Crippen LogP contribution in [0.4, 0.5) is 0 Å². The number of hydrogen-bond donors (Lipinski definition) is 1. The summed E-state index contributed by atoms with van der Waals surface area (Å²) in [4.78, 5) is 4.25. The molecular formula is C23H25N5O. The lowest BCUT2D eigenvalue weighted by Crippen LogP contribution is -2.17. The summed E-state index contributed by atoms with van der Waals surface area (Å²) in [6, 6.07) is 18.9. The predicted octanol–water partition coefficient (Wildman–Crippen LogP) is 3.93. The van der Waals surface area contributed by atoms with Crippen molar-refractivity contribution in [3.05, 3.63) is 89.2 Å². The van der Waals surface area contributed by atoms with Crippen LogP contribution >= 0.6 is 0 Å². The first-order valence-electron chi connectivity index (χ1n) is 9.84. The molecule has 0 saturated carbocycles. The molecule has 0 aliphatic heterocycles. The maximum Gasteiger partial charge on any atom is 0.227 e. The van der Waals surface area contributed by atoms with E-state index in [0.29, 0.717) is 18.1 Å². The highest BCUT2D eigenvalue weighted by atomic mass is 16.5. The molecule has 2 heterocycles. The average molecular weight is 387 g/mol. The van der Waals surface area contributed by atoms with E-state index in [1.165, 1.54) is 16.7 Å². The molecular weight excluding hydrogens is 362 g/mol. The minimum atomic E-state index is 0.661. The van der Waals surface area contributed by atoms with E-state index in [0.717, 1.165) is 30.9 Å². The van der Waals surface area contributed by atoms with Crippen LogP contribution in [0.15, 0.2) is 65.3 Å². The van der Waals surface area contributed by atoms with E-state index in [2.05, 4.69) is 77.1 Å². The van der Waals surface area contributed by atoms with Crippen molar-refractivity contribution in [2.75, 3.05) is 6.54 Å². The van der Waals surface area contributed by atoms with Gasteiger partial charge in [0.1, 0.15) is 0 Å². The van der Waals surface area contributed by atoms with Gasteiger partial charge in [0.05, 0.1) is 12.2 Å². The molecule has 0 aliphatic carbocycles. The SMILES string of the molecule is Cc1cccc(-c2nn(Cc3ccccc3)cc2CNCCc2nc(C)no2)c1. The first kappa shape index (κ1) is 19.1. The van der Waals surface area contributed by atoms with Crippen molar-refractivity contribution in [2.45, 2.75) is 33.4 Å². The van der Waals surface area contributed by atoms with E-state index in [9.17, 15) is 0 Å². The Kier molecular flexibility index (Phi) is 5.81. The zero-order chi connectivity index (χ0) is 20.1. The van der Waals surface area contributed by atoms with Gasteiger partial charge in [-0.15, -0.1) is 0 Å². The third-order valence-electron chi connectivity index (χ3n) is 4.72. The molecule has 4 rings (SSSR count). The second kappa shape index (κ2) is 8.84. The second-order valence-corrected chi connectivity index (χ2v) is 7.22. The van der Waals surface area contributed by atoms with Crippen LogP contribution in [0.3, 0.4) is 0 Å². The lowest BCUT2D eigenvalue weighted by molar-refractivity contribution is 0.372. The van der Waals surface area contributed by atoms with Crippen molar-refractivity contribution in [3.8, 4) is 11.3 Å². The first-order chi connectivity index (χ1) is 14.2. The van der Waals surface area contributed by atoms with Crippen molar-refractivity contribution < 1.29 is 4.52 Å². The Morgan fingerprint density at radius 3 is 2.66 bits per heavy atom. The zero-order valence-corrected chi connectivity index (χ0v) is 16.8. The monoisotopic (exact) mass is 387 g/mol. The summed E-state index contributed by atoms with van der Waals surface area (Å²) in [5.74, 6) is 1.33. The van der Waals surface area contributed by atoms with Crippen LogP contribution in [0.5, 0.6) is 0 Å². The Morgan fingerprint density at radius 1 is 1.03 bits per heavy atom. The molecule has 0 atom stereocenters. The van der Waals surface area contributed by atoms with Crippen LogP contribution in [-0.2, 0) is 19.5 Å². The van der Waals surface area contributed by atoms with Crippen LogP contribution in [0, 0.1) is 13.8 Å². The normalized spacial score (nSPS) is 11.1. The summed E-state index contributed by atoms with van der Waals surface area (Å²) in [5.41, 5.74) is 5.79. The van der Waals surface area contributed by atoms with Gasteiger partial charge in [0.2, 0.25) is 5.89 Å². The topological polar surface area (TPSA) is 68.8 Å². The molecule has 0 aliphatic rings. The molecule has 4 aromatic rings. The molecule has 29 heavy (non-hydrogen) atoms. The maximum absolute atomic E-state index is 5.18. The molecule has 0 saturated heterocycles. The fraction of sp³-hybridized carbons (Fsp3) is 0.261.